The van der Waals surface area contributed by atoms with Crippen LogP contribution >= 0.6 is 0 Å². The Bertz CT molecular complexity index is 707. The number of allylic oxidation sites excluding steroid dienone is 1. The Morgan fingerprint density at radius 3 is 2.48 bits per heavy atom. The van der Waals surface area contributed by atoms with Crippen molar-refractivity contribution in [2.45, 2.75) is 51.9 Å². The van der Waals surface area contributed by atoms with E-state index in [1.54, 1.807) is 19.1 Å². The van der Waals surface area contributed by atoms with E-state index in [2.05, 4.69) is 13.8 Å². The largest absolute Gasteiger partial charge is 0.392 e. The normalized spacial score (nSPS) is 53.2. The standard InChI is InChI=1S/C20H28O5/c1-9-7-19-10(2)5-13-14(18(13,3)4)12(17(19)24)6-11(8-21)16(23)20(19,25)15(9)22/h6-7,10,12-16,21-23,25H,5,8H2,1-4H3/t10-,12+,13+,14-,15+,16-,19-,20-/m1/s1. The van der Waals surface area contributed by atoms with Gasteiger partial charge in [0.15, 0.2) is 5.78 Å². The molecular formula is C20H28O5. The van der Waals surface area contributed by atoms with Crippen molar-refractivity contribution in [3.8, 4) is 0 Å². The molecule has 2 bridgehead atoms. The van der Waals surface area contributed by atoms with Gasteiger partial charge in [-0.25, -0.2) is 0 Å². The van der Waals surface area contributed by atoms with Gasteiger partial charge in [0, 0.05) is 5.92 Å². The minimum absolute atomic E-state index is 0.0245. The Morgan fingerprint density at radius 1 is 1.24 bits per heavy atom. The molecule has 5 nitrogen and oxygen atoms in total. The minimum atomic E-state index is -2.03. The van der Waals surface area contributed by atoms with E-state index in [0.29, 0.717) is 11.5 Å². The van der Waals surface area contributed by atoms with Crippen molar-refractivity contribution in [3.05, 3.63) is 23.3 Å². The third kappa shape index (κ3) is 1.71. The quantitative estimate of drug-likeness (QED) is 0.526. The zero-order valence-corrected chi connectivity index (χ0v) is 15.2. The van der Waals surface area contributed by atoms with E-state index in [1.165, 1.54) is 0 Å². The molecule has 0 saturated heterocycles. The Balaban J connectivity index is 1.99. The van der Waals surface area contributed by atoms with Crippen molar-refractivity contribution in [1.82, 2.24) is 0 Å². The molecule has 138 valence electrons. The van der Waals surface area contributed by atoms with E-state index in [0.717, 1.165) is 6.42 Å². The lowest BCUT2D eigenvalue weighted by molar-refractivity contribution is -0.190. The van der Waals surface area contributed by atoms with Crippen LogP contribution in [0.15, 0.2) is 23.3 Å². The average molecular weight is 348 g/mol. The van der Waals surface area contributed by atoms with Crippen molar-refractivity contribution in [3.63, 3.8) is 0 Å². The highest BCUT2D eigenvalue weighted by Gasteiger charge is 2.75. The highest BCUT2D eigenvalue weighted by molar-refractivity contribution is 5.95. The topological polar surface area (TPSA) is 98.0 Å². The van der Waals surface area contributed by atoms with Gasteiger partial charge in [-0.15, -0.1) is 0 Å². The zero-order chi connectivity index (χ0) is 18.5. The predicted molar refractivity (Wildman–Crippen MR) is 91.4 cm³/mol. The summed E-state index contributed by atoms with van der Waals surface area (Å²) in [4.78, 5) is 13.7. The molecule has 0 aromatic rings. The van der Waals surface area contributed by atoms with Crippen LogP contribution in [-0.2, 0) is 4.79 Å². The summed E-state index contributed by atoms with van der Waals surface area (Å²) in [6.45, 7) is 7.50. The molecule has 0 unspecified atom stereocenters. The number of carbonyl (C=O) groups is 1. The third-order valence-electron chi connectivity index (χ3n) is 7.93. The van der Waals surface area contributed by atoms with Gasteiger partial charge in [0.1, 0.15) is 17.8 Å². The molecule has 0 aromatic carbocycles. The average Bonchev–Trinajstić information content (AvgIpc) is 3.05. The van der Waals surface area contributed by atoms with E-state index in [1.807, 2.05) is 6.92 Å². The first-order valence-corrected chi connectivity index (χ1v) is 9.18. The Kier molecular flexibility index (Phi) is 3.36. The van der Waals surface area contributed by atoms with Crippen LogP contribution < -0.4 is 0 Å². The molecule has 25 heavy (non-hydrogen) atoms. The fourth-order valence-corrected chi connectivity index (χ4v) is 6.43. The van der Waals surface area contributed by atoms with E-state index in [4.69, 9.17) is 0 Å². The second kappa shape index (κ2) is 4.83. The van der Waals surface area contributed by atoms with Crippen molar-refractivity contribution < 1.29 is 25.2 Å². The van der Waals surface area contributed by atoms with Crippen molar-refractivity contribution in [1.29, 1.82) is 0 Å². The summed E-state index contributed by atoms with van der Waals surface area (Å²) in [5.41, 5.74) is -2.58. The third-order valence-corrected chi connectivity index (χ3v) is 7.93. The summed E-state index contributed by atoms with van der Waals surface area (Å²) >= 11 is 0. The lowest BCUT2D eigenvalue weighted by Gasteiger charge is -2.48. The summed E-state index contributed by atoms with van der Waals surface area (Å²) in [6.07, 6.45) is 1.34. The van der Waals surface area contributed by atoms with Crippen LogP contribution in [0.25, 0.3) is 0 Å². The predicted octanol–water partition coefficient (Wildman–Crippen LogP) is 0.815. The van der Waals surface area contributed by atoms with Gasteiger partial charge in [0.2, 0.25) is 0 Å². The highest BCUT2D eigenvalue weighted by atomic mass is 16.4. The summed E-state index contributed by atoms with van der Waals surface area (Å²) < 4.78 is 0. The summed E-state index contributed by atoms with van der Waals surface area (Å²) in [5.74, 6) is -0.288. The minimum Gasteiger partial charge on any atom is -0.392 e. The molecule has 5 heteroatoms. The zero-order valence-electron chi connectivity index (χ0n) is 15.2. The maximum Gasteiger partial charge on any atom is 0.153 e. The van der Waals surface area contributed by atoms with Crippen LogP contribution in [-0.4, -0.2) is 50.6 Å². The van der Waals surface area contributed by atoms with Gasteiger partial charge in [-0.05, 0) is 47.7 Å². The van der Waals surface area contributed by atoms with E-state index >= 15 is 0 Å². The fraction of sp³-hybridized carbons (Fsp3) is 0.750. The molecule has 4 aliphatic carbocycles. The number of aliphatic hydroxyl groups is 4. The van der Waals surface area contributed by atoms with Gasteiger partial charge in [-0.1, -0.05) is 32.9 Å². The van der Waals surface area contributed by atoms with E-state index in [-0.39, 0.29) is 28.6 Å². The lowest BCUT2D eigenvalue weighted by atomic mass is 9.59. The van der Waals surface area contributed by atoms with E-state index < -0.39 is 35.7 Å². The first-order chi connectivity index (χ1) is 11.5. The molecule has 1 spiro atoms. The molecule has 0 aromatic heterocycles. The highest BCUT2D eigenvalue weighted by Crippen LogP contribution is 2.71. The Morgan fingerprint density at radius 2 is 1.88 bits per heavy atom. The molecule has 4 rings (SSSR count). The van der Waals surface area contributed by atoms with Crippen molar-refractivity contribution in [2.24, 2.45) is 34.5 Å². The van der Waals surface area contributed by atoms with Crippen LogP contribution in [0.4, 0.5) is 0 Å². The summed E-state index contributed by atoms with van der Waals surface area (Å²) in [7, 11) is 0. The molecule has 4 N–H and O–H groups in total. The summed E-state index contributed by atoms with van der Waals surface area (Å²) in [5, 5.41) is 43.0. The molecule has 4 aliphatic rings. The first kappa shape index (κ1) is 17.4. The van der Waals surface area contributed by atoms with Gasteiger partial charge in [0.05, 0.1) is 12.0 Å². The van der Waals surface area contributed by atoms with Crippen LogP contribution in [0.1, 0.15) is 34.1 Å². The fourth-order valence-electron chi connectivity index (χ4n) is 6.43. The van der Waals surface area contributed by atoms with Crippen LogP contribution in [0.5, 0.6) is 0 Å². The van der Waals surface area contributed by atoms with Gasteiger partial charge < -0.3 is 20.4 Å². The molecule has 0 radical (unpaired) electrons. The van der Waals surface area contributed by atoms with Gasteiger partial charge in [0.25, 0.3) is 0 Å². The molecule has 0 aliphatic heterocycles. The molecule has 8 atom stereocenters. The van der Waals surface area contributed by atoms with Crippen LogP contribution in [0.2, 0.25) is 0 Å². The Hall–Kier alpha value is -1.01. The number of hydrogen-bond donors (Lipinski definition) is 4. The number of ketones is 1. The second-order valence-electron chi connectivity index (χ2n) is 9.27. The van der Waals surface area contributed by atoms with Crippen LogP contribution in [0.3, 0.4) is 0 Å². The lowest BCUT2D eigenvalue weighted by Crippen LogP contribution is -2.65. The smallest absolute Gasteiger partial charge is 0.153 e. The second-order valence-corrected chi connectivity index (χ2v) is 9.27. The maximum atomic E-state index is 13.7. The molecule has 0 amide bonds. The number of fused-ring (bicyclic) bond motifs is 3. The SMILES string of the molecule is CC1=C[C@@]23C(=O)[C@@H](C=C(CO)[C@@H](O)[C@]2(O)[C@H]1O)[C@@H]1[C@H](C[C@H]3C)C1(C)C. The first-order valence-electron chi connectivity index (χ1n) is 9.18. The maximum absolute atomic E-state index is 13.7. The molecular weight excluding hydrogens is 320 g/mol. The number of carbonyl (C=O) groups excluding carboxylic acids is 1. The number of Topliss-reactive ketones (excluding diaryl/α,β-unsaturated/α-hetero) is 1. The van der Waals surface area contributed by atoms with Gasteiger partial charge in [-0.3, -0.25) is 4.79 Å². The number of aliphatic hydroxyl groups excluding tert-OH is 3. The summed E-state index contributed by atoms with van der Waals surface area (Å²) in [6, 6.07) is 0. The Labute approximate surface area is 148 Å². The molecule has 0 heterocycles. The van der Waals surface area contributed by atoms with Gasteiger partial charge >= 0.3 is 0 Å². The van der Waals surface area contributed by atoms with Crippen molar-refractivity contribution >= 4 is 5.78 Å². The van der Waals surface area contributed by atoms with E-state index in [9.17, 15) is 25.2 Å². The molecule has 2 fully saturated rings. The van der Waals surface area contributed by atoms with Gasteiger partial charge in [-0.2, -0.15) is 0 Å². The monoisotopic (exact) mass is 348 g/mol. The number of hydrogen-bond acceptors (Lipinski definition) is 5. The molecule has 2 saturated carbocycles. The van der Waals surface area contributed by atoms with Crippen LogP contribution in [0, 0.1) is 34.5 Å². The van der Waals surface area contributed by atoms with Crippen molar-refractivity contribution in [2.75, 3.05) is 6.61 Å². The number of rotatable bonds is 1.